The molecular weight excluding hydrogens is 211 g/mol. The molecule has 1 unspecified atom stereocenters. The molecule has 0 aliphatic heterocycles. The fourth-order valence-corrected chi connectivity index (χ4v) is 1.71. The lowest BCUT2D eigenvalue weighted by atomic mass is 10.8. The standard InChI is InChI=1S/C6H12BrPSi/c1-9(2,3)6-4-5-8-7/h8H,6H2,1-3H3. The van der Waals surface area contributed by atoms with Gasteiger partial charge in [0.1, 0.15) is 0 Å². The Balaban J connectivity index is 3.50. The zero-order chi connectivity index (χ0) is 7.33. The first-order chi connectivity index (χ1) is 4.06. The lowest BCUT2D eigenvalue weighted by molar-refractivity contribution is 1.57. The van der Waals surface area contributed by atoms with E-state index < -0.39 is 8.07 Å². The molecular formula is C6H12BrPSi. The van der Waals surface area contributed by atoms with Gasteiger partial charge in [0.2, 0.25) is 0 Å². The third kappa shape index (κ3) is 8.69. The average molecular weight is 223 g/mol. The third-order valence-corrected chi connectivity index (χ3v) is 2.86. The van der Waals surface area contributed by atoms with Crippen LogP contribution in [0.3, 0.4) is 0 Å². The van der Waals surface area contributed by atoms with Crippen molar-refractivity contribution in [3.05, 3.63) is 0 Å². The topological polar surface area (TPSA) is 0 Å². The molecule has 0 N–H and O–H groups in total. The van der Waals surface area contributed by atoms with Crippen molar-refractivity contribution in [2.24, 2.45) is 0 Å². The van der Waals surface area contributed by atoms with E-state index in [9.17, 15) is 0 Å². The first-order valence-electron chi connectivity index (χ1n) is 2.90. The molecule has 0 heterocycles. The molecule has 0 aromatic carbocycles. The van der Waals surface area contributed by atoms with Crippen LogP contribution >= 0.6 is 22.8 Å². The molecule has 0 saturated carbocycles. The zero-order valence-electron chi connectivity index (χ0n) is 6.09. The zero-order valence-corrected chi connectivity index (χ0v) is 9.67. The fraction of sp³-hybridized carbons (Fsp3) is 0.667. The van der Waals surface area contributed by atoms with Crippen LogP contribution in [-0.4, -0.2) is 8.07 Å². The maximum Gasteiger partial charge on any atom is 0.0573 e. The third-order valence-electron chi connectivity index (χ3n) is 0.754. The maximum atomic E-state index is 3.29. The lowest BCUT2D eigenvalue weighted by Crippen LogP contribution is -2.17. The van der Waals surface area contributed by atoms with Crippen molar-refractivity contribution in [3.63, 3.8) is 0 Å². The summed E-state index contributed by atoms with van der Waals surface area (Å²) in [6.45, 7) is 7.00. The fourth-order valence-electron chi connectivity index (χ4n) is 0.343. The van der Waals surface area contributed by atoms with Crippen LogP contribution in [0.2, 0.25) is 25.7 Å². The van der Waals surface area contributed by atoms with Crippen LogP contribution in [0.25, 0.3) is 0 Å². The van der Waals surface area contributed by atoms with E-state index in [1.54, 1.807) is 0 Å². The minimum absolute atomic E-state index is 0.617. The molecule has 0 fully saturated rings. The van der Waals surface area contributed by atoms with Gasteiger partial charge >= 0.3 is 0 Å². The summed E-state index contributed by atoms with van der Waals surface area (Å²) in [4.78, 5) is 0. The average Bonchev–Trinajstić information content (AvgIpc) is 1.63. The van der Waals surface area contributed by atoms with Gasteiger partial charge in [-0.2, -0.15) is 0 Å². The summed E-state index contributed by atoms with van der Waals surface area (Å²) in [7, 11) is -0.267. The molecule has 0 amide bonds. The predicted octanol–water partition coefficient (Wildman–Crippen LogP) is 3.27. The second kappa shape index (κ2) is 4.49. The normalized spacial score (nSPS) is 11.6. The highest BCUT2D eigenvalue weighted by Gasteiger charge is 2.09. The van der Waals surface area contributed by atoms with Crippen molar-refractivity contribution in [2.75, 3.05) is 0 Å². The second-order valence-electron chi connectivity index (χ2n) is 3.13. The SMILES string of the molecule is C[Si](C)(C)CC#CPBr. The van der Waals surface area contributed by atoms with Gasteiger partial charge < -0.3 is 0 Å². The highest BCUT2D eigenvalue weighted by Crippen LogP contribution is 2.16. The highest BCUT2D eigenvalue weighted by molar-refractivity contribution is 9.37. The van der Waals surface area contributed by atoms with E-state index in [0.29, 0.717) is 7.28 Å². The molecule has 0 bridgehead atoms. The van der Waals surface area contributed by atoms with Crippen LogP contribution < -0.4 is 0 Å². The van der Waals surface area contributed by atoms with Gasteiger partial charge in [0.05, 0.1) is 8.07 Å². The highest BCUT2D eigenvalue weighted by atomic mass is 79.9. The Hall–Kier alpha value is 0.687. The molecule has 52 valence electrons. The van der Waals surface area contributed by atoms with Crippen molar-refractivity contribution in [3.8, 4) is 11.6 Å². The van der Waals surface area contributed by atoms with Gasteiger partial charge in [-0.3, -0.25) is 0 Å². The van der Waals surface area contributed by atoms with Crippen molar-refractivity contribution in [1.29, 1.82) is 0 Å². The number of halogens is 1. The molecule has 0 aromatic rings. The van der Waals surface area contributed by atoms with E-state index in [1.165, 1.54) is 0 Å². The number of hydrogen-bond acceptors (Lipinski definition) is 0. The van der Waals surface area contributed by atoms with E-state index in [-0.39, 0.29) is 0 Å². The van der Waals surface area contributed by atoms with E-state index in [2.05, 4.69) is 46.7 Å². The van der Waals surface area contributed by atoms with Gasteiger partial charge in [0.15, 0.2) is 0 Å². The molecule has 3 heteroatoms. The first-order valence-corrected chi connectivity index (χ1v) is 9.86. The smallest absolute Gasteiger partial charge is 0.0573 e. The van der Waals surface area contributed by atoms with Gasteiger partial charge in [-0.1, -0.05) is 25.3 Å². The molecule has 0 saturated heterocycles. The van der Waals surface area contributed by atoms with Gasteiger partial charge in [-0.05, 0) is 15.5 Å². The minimum atomic E-state index is -0.884. The molecule has 0 aliphatic carbocycles. The summed E-state index contributed by atoms with van der Waals surface area (Å²) in [5.41, 5.74) is 3.03. The lowest BCUT2D eigenvalue weighted by Gasteiger charge is -2.09. The van der Waals surface area contributed by atoms with Gasteiger partial charge in [-0.15, -0.1) is 5.92 Å². The molecule has 0 aliphatic rings. The molecule has 0 radical (unpaired) electrons. The van der Waals surface area contributed by atoms with Crippen LogP contribution in [0.4, 0.5) is 0 Å². The summed E-state index contributed by atoms with van der Waals surface area (Å²) in [6.07, 6.45) is 0. The first kappa shape index (κ1) is 9.69. The Morgan fingerprint density at radius 1 is 1.44 bits per heavy atom. The van der Waals surface area contributed by atoms with E-state index in [1.807, 2.05) is 0 Å². The van der Waals surface area contributed by atoms with Crippen LogP contribution in [0.1, 0.15) is 0 Å². The van der Waals surface area contributed by atoms with Crippen LogP contribution in [0, 0.1) is 11.6 Å². The Bertz CT molecular complexity index is 128. The summed E-state index contributed by atoms with van der Waals surface area (Å²) < 4.78 is 0. The van der Waals surface area contributed by atoms with Gasteiger partial charge in [0, 0.05) is 13.3 Å². The van der Waals surface area contributed by atoms with Gasteiger partial charge in [0.25, 0.3) is 0 Å². The Morgan fingerprint density at radius 3 is 2.33 bits per heavy atom. The summed E-state index contributed by atoms with van der Waals surface area (Å²) >= 11 is 3.29. The molecule has 1 atom stereocenters. The molecule has 0 nitrogen and oxygen atoms in total. The Labute approximate surface area is 68.3 Å². The van der Waals surface area contributed by atoms with Crippen molar-refractivity contribution in [1.82, 2.24) is 0 Å². The van der Waals surface area contributed by atoms with E-state index in [4.69, 9.17) is 0 Å². The van der Waals surface area contributed by atoms with Crippen molar-refractivity contribution >= 4 is 30.8 Å². The molecule has 0 aromatic heterocycles. The Kier molecular flexibility index (Phi) is 4.84. The predicted molar refractivity (Wildman–Crippen MR) is 53.2 cm³/mol. The summed E-state index contributed by atoms with van der Waals surface area (Å²) in [6, 6.07) is 1.13. The number of hydrogen-bond donors (Lipinski definition) is 0. The van der Waals surface area contributed by atoms with Crippen molar-refractivity contribution < 1.29 is 0 Å². The van der Waals surface area contributed by atoms with Crippen LogP contribution in [0.5, 0.6) is 0 Å². The second-order valence-corrected chi connectivity index (χ2v) is 10.2. The van der Waals surface area contributed by atoms with E-state index >= 15 is 0 Å². The van der Waals surface area contributed by atoms with Crippen molar-refractivity contribution in [2.45, 2.75) is 25.7 Å². The molecule has 0 spiro atoms. The summed E-state index contributed by atoms with van der Waals surface area (Å²) in [5, 5.41) is 0. The molecule has 0 rings (SSSR count). The largest absolute Gasteiger partial charge is 0.101 e. The Morgan fingerprint density at radius 2 is 2.00 bits per heavy atom. The molecule has 9 heavy (non-hydrogen) atoms. The van der Waals surface area contributed by atoms with Crippen LogP contribution in [0.15, 0.2) is 0 Å². The number of rotatable bonds is 1. The van der Waals surface area contributed by atoms with E-state index in [0.717, 1.165) is 6.04 Å². The summed E-state index contributed by atoms with van der Waals surface area (Å²) in [5.74, 6) is 3.15. The maximum absolute atomic E-state index is 3.29. The minimum Gasteiger partial charge on any atom is -0.101 e. The van der Waals surface area contributed by atoms with Gasteiger partial charge in [-0.25, -0.2) is 0 Å². The quantitative estimate of drug-likeness (QED) is 0.363. The monoisotopic (exact) mass is 222 g/mol. The van der Waals surface area contributed by atoms with Crippen LogP contribution in [-0.2, 0) is 0 Å².